The summed E-state index contributed by atoms with van der Waals surface area (Å²) in [6.45, 7) is 10.5. The number of likely N-dealkylation sites (tertiary alicyclic amines) is 1. The zero-order chi connectivity index (χ0) is 29.7. The minimum Gasteiger partial charge on any atom is -0.444 e. The Labute approximate surface area is 238 Å². The molecule has 2 saturated heterocycles. The van der Waals surface area contributed by atoms with Crippen LogP contribution in [0.3, 0.4) is 0 Å². The first-order valence-electron chi connectivity index (χ1n) is 13.9. The fraction of sp³-hybridized carbons (Fsp3) is 0.517. The minimum atomic E-state index is -1.02. The average molecular weight is 565 g/mol. The van der Waals surface area contributed by atoms with Crippen molar-refractivity contribution < 1.29 is 28.7 Å². The van der Waals surface area contributed by atoms with Crippen molar-refractivity contribution in [3.8, 4) is 0 Å². The molecule has 0 saturated carbocycles. The molecular formula is C29H36N6O6. The van der Waals surface area contributed by atoms with E-state index in [4.69, 9.17) is 4.74 Å². The Morgan fingerprint density at radius 3 is 2.59 bits per heavy atom. The van der Waals surface area contributed by atoms with Crippen molar-refractivity contribution in [2.45, 2.75) is 90.1 Å². The highest BCUT2D eigenvalue weighted by molar-refractivity contribution is 6.25. The van der Waals surface area contributed by atoms with Crippen LogP contribution >= 0.6 is 0 Å². The third-order valence-corrected chi connectivity index (χ3v) is 7.75. The Balaban J connectivity index is 1.25. The van der Waals surface area contributed by atoms with Crippen molar-refractivity contribution in [3.05, 3.63) is 47.3 Å². The number of imide groups is 2. The van der Waals surface area contributed by atoms with Crippen LogP contribution < -0.4 is 10.6 Å². The quantitative estimate of drug-likeness (QED) is 0.527. The fourth-order valence-electron chi connectivity index (χ4n) is 5.78. The maximum absolute atomic E-state index is 13.3. The van der Waals surface area contributed by atoms with E-state index in [1.165, 1.54) is 0 Å². The molecule has 2 fully saturated rings. The average Bonchev–Trinajstić information content (AvgIpc) is 3.45. The number of rotatable bonds is 5. The van der Waals surface area contributed by atoms with Crippen LogP contribution in [0, 0.1) is 0 Å². The third kappa shape index (κ3) is 5.55. The summed E-state index contributed by atoms with van der Waals surface area (Å²) < 4.78 is 7.52. The topological polar surface area (TPSA) is 143 Å². The highest BCUT2D eigenvalue weighted by Crippen LogP contribution is 2.36. The number of benzene rings is 1. The number of aromatic nitrogens is 2. The molecule has 3 aliphatic rings. The predicted molar refractivity (Wildman–Crippen MR) is 148 cm³/mol. The third-order valence-electron chi connectivity index (χ3n) is 7.75. The summed E-state index contributed by atoms with van der Waals surface area (Å²) in [7, 11) is 0. The molecule has 3 aliphatic heterocycles. The second-order valence-electron chi connectivity index (χ2n) is 12.4. The van der Waals surface area contributed by atoms with Gasteiger partial charge in [-0.3, -0.25) is 34.1 Å². The van der Waals surface area contributed by atoms with Crippen LogP contribution in [0.25, 0.3) is 0 Å². The number of hydrogen-bond donors (Lipinski definition) is 2. The monoisotopic (exact) mass is 564 g/mol. The summed E-state index contributed by atoms with van der Waals surface area (Å²) in [5, 5.41) is 10.0. The molecule has 218 valence electrons. The summed E-state index contributed by atoms with van der Waals surface area (Å²) in [6, 6.07) is 4.05. The van der Waals surface area contributed by atoms with Gasteiger partial charge in [0.1, 0.15) is 11.6 Å². The molecule has 0 bridgehead atoms. The molecule has 5 amide bonds. The van der Waals surface area contributed by atoms with Crippen molar-refractivity contribution >= 4 is 35.4 Å². The number of nitrogens with one attached hydrogen (secondary N) is 2. The van der Waals surface area contributed by atoms with Crippen molar-refractivity contribution in [1.29, 1.82) is 0 Å². The Morgan fingerprint density at radius 2 is 1.90 bits per heavy atom. The number of ether oxygens (including phenoxy) is 1. The number of carbonyl (C=O) groups excluding carboxylic acids is 5. The zero-order valence-corrected chi connectivity index (χ0v) is 24.0. The first-order valence-corrected chi connectivity index (χ1v) is 13.9. The van der Waals surface area contributed by atoms with Gasteiger partial charge in [0.15, 0.2) is 0 Å². The van der Waals surface area contributed by atoms with E-state index in [0.717, 1.165) is 16.9 Å². The molecule has 12 heteroatoms. The predicted octanol–water partition coefficient (Wildman–Crippen LogP) is 3.25. The minimum absolute atomic E-state index is 0.0656. The molecule has 0 radical (unpaired) electrons. The molecule has 2 atom stereocenters. The van der Waals surface area contributed by atoms with Gasteiger partial charge in [-0.25, -0.2) is 4.79 Å². The normalized spacial score (nSPS) is 22.5. The summed E-state index contributed by atoms with van der Waals surface area (Å²) in [5.41, 5.74) is 0.823. The molecule has 0 aliphatic carbocycles. The first kappa shape index (κ1) is 28.3. The largest absolute Gasteiger partial charge is 0.444 e. The number of fused-ring (bicyclic) bond motifs is 1. The highest BCUT2D eigenvalue weighted by Gasteiger charge is 2.45. The number of carbonyl (C=O) groups is 5. The second-order valence-corrected chi connectivity index (χ2v) is 12.4. The number of hydrogen-bond acceptors (Lipinski definition) is 8. The molecule has 2 N–H and O–H groups in total. The van der Waals surface area contributed by atoms with E-state index >= 15 is 0 Å². The molecule has 5 rings (SSSR count). The number of amides is 5. The van der Waals surface area contributed by atoms with Crippen LogP contribution in [0.15, 0.2) is 30.6 Å². The Morgan fingerprint density at radius 1 is 1.15 bits per heavy atom. The molecule has 1 unspecified atom stereocenters. The van der Waals surface area contributed by atoms with Crippen LogP contribution in [-0.4, -0.2) is 73.0 Å². The lowest BCUT2D eigenvalue weighted by Crippen LogP contribution is -2.54. The van der Waals surface area contributed by atoms with E-state index in [0.29, 0.717) is 25.2 Å². The van der Waals surface area contributed by atoms with E-state index in [9.17, 15) is 24.0 Å². The lowest BCUT2D eigenvalue weighted by atomic mass is 9.87. The summed E-state index contributed by atoms with van der Waals surface area (Å²) in [5.74, 6) is -2.16. The highest BCUT2D eigenvalue weighted by atomic mass is 16.6. The molecule has 1 aromatic carbocycles. The smallest absolute Gasteiger partial charge is 0.410 e. The van der Waals surface area contributed by atoms with Crippen molar-refractivity contribution in [3.63, 3.8) is 0 Å². The summed E-state index contributed by atoms with van der Waals surface area (Å²) in [4.78, 5) is 65.9. The molecule has 1 aromatic heterocycles. The Kier molecular flexibility index (Phi) is 7.12. The van der Waals surface area contributed by atoms with Crippen LogP contribution in [0.1, 0.15) is 92.6 Å². The Bertz CT molecular complexity index is 1420. The van der Waals surface area contributed by atoms with Gasteiger partial charge >= 0.3 is 6.09 Å². The second kappa shape index (κ2) is 10.3. The van der Waals surface area contributed by atoms with E-state index in [-0.39, 0.29) is 36.1 Å². The van der Waals surface area contributed by atoms with Gasteiger partial charge in [-0.2, -0.15) is 5.10 Å². The Hall–Kier alpha value is -4.22. The van der Waals surface area contributed by atoms with Crippen LogP contribution in [-0.2, 0) is 20.9 Å². The molecule has 0 spiro atoms. The van der Waals surface area contributed by atoms with Gasteiger partial charge in [0.2, 0.25) is 11.8 Å². The van der Waals surface area contributed by atoms with E-state index in [1.54, 1.807) is 29.3 Å². The van der Waals surface area contributed by atoms with Crippen LogP contribution in [0.5, 0.6) is 0 Å². The van der Waals surface area contributed by atoms with Gasteiger partial charge in [0.25, 0.3) is 11.8 Å². The number of anilines is 1. The molecule has 4 heterocycles. The van der Waals surface area contributed by atoms with E-state index < -0.39 is 40.8 Å². The lowest BCUT2D eigenvalue weighted by Gasteiger charge is -2.45. The number of piperidine rings is 2. The van der Waals surface area contributed by atoms with Gasteiger partial charge in [0.05, 0.1) is 23.4 Å². The van der Waals surface area contributed by atoms with Gasteiger partial charge in [-0.1, -0.05) is 6.07 Å². The maximum Gasteiger partial charge on any atom is 0.410 e. The van der Waals surface area contributed by atoms with Crippen LogP contribution in [0.2, 0.25) is 0 Å². The first-order chi connectivity index (χ1) is 19.2. The standard InChI is InChI=1S/C29H36N6O6/c1-28(2,3)41-27(40)33-12-11-18(13-29(33,4)5)34-16-17(15-31-34)14-30-20-8-6-7-19-23(20)26(39)35(25(19)38)21-9-10-22(36)32-24(21)37/h6-8,15-16,18,21,30H,9-14H2,1-5H3,(H,32,36,37)/t18-,21?/m0/s1. The fourth-order valence-corrected chi connectivity index (χ4v) is 5.78. The zero-order valence-electron chi connectivity index (χ0n) is 24.0. The molecule has 41 heavy (non-hydrogen) atoms. The van der Waals surface area contributed by atoms with Crippen molar-refractivity contribution in [1.82, 2.24) is 24.9 Å². The SMILES string of the molecule is CC(C)(C)OC(=O)N1CC[C@H](n2cc(CNc3cccc4c3C(=O)N(C3CCC(=O)NC3=O)C4=O)cn2)CC1(C)C. The van der Waals surface area contributed by atoms with Gasteiger partial charge in [-0.05, 0) is 66.0 Å². The van der Waals surface area contributed by atoms with Crippen molar-refractivity contribution in [2.24, 2.45) is 0 Å². The van der Waals surface area contributed by atoms with E-state index in [1.807, 2.05) is 45.5 Å². The van der Waals surface area contributed by atoms with Gasteiger partial charge in [-0.15, -0.1) is 0 Å². The van der Waals surface area contributed by atoms with Crippen LogP contribution in [0.4, 0.5) is 10.5 Å². The van der Waals surface area contributed by atoms with E-state index in [2.05, 4.69) is 15.7 Å². The summed E-state index contributed by atoms with van der Waals surface area (Å²) in [6.07, 6.45) is 5.00. The van der Waals surface area contributed by atoms with Gasteiger partial charge in [0, 0.05) is 42.5 Å². The van der Waals surface area contributed by atoms with Crippen molar-refractivity contribution in [2.75, 3.05) is 11.9 Å². The molecular weight excluding hydrogens is 528 g/mol. The molecule has 12 nitrogen and oxygen atoms in total. The lowest BCUT2D eigenvalue weighted by molar-refractivity contribution is -0.136. The van der Waals surface area contributed by atoms with Gasteiger partial charge < -0.3 is 15.0 Å². The molecule has 2 aromatic rings. The summed E-state index contributed by atoms with van der Waals surface area (Å²) >= 11 is 0. The maximum atomic E-state index is 13.3. The number of nitrogens with zero attached hydrogens (tertiary/aromatic N) is 4.